The van der Waals surface area contributed by atoms with Crippen LogP contribution in [0.2, 0.25) is 0 Å². The molecule has 2 aromatic rings. The van der Waals surface area contributed by atoms with Crippen molar-refractivity contribution in [1.82, 2.24) is 4.90 Å². The van der Waals surface area contributed by atoms with Crippen LogP contribution in [0.15, 0.2) is 52.4 Å². The van der Waals surface area contributed by atoms with Gasteiger partial charge in [-0.1, -0.05) is 17.7 Å². The van der Waals surface area contributed by atoms with E-state index in [0.717, 1.165) is 11.3 Å². The van der Waals surface area contributed by atoms with Crippen LogP contribution >= 0.6 is 11.8 Å². The monoisotopic (exact) mass is 354 g/mol. The zero-order valence-corrected chi connectivity index (χ0v) is 14.7. The van der Waals surface area contributed by atoms with Crippen molar-refractivity contribution >= 4 is 34.6 Å². The first-order valence-corrected chi connectivity index (χ1v) is 8.68. The highest BCUT2D eigenvalue weighted by Gasteiger charge is 2.32. The lowest BCUT2D eigenvalue weighted by Crippen LogP contribution is -2.28. The summed E-state index contributed by atoms with van der Waals surface area (Å²) in [5, 5.41) is 19.9. The highest BCUT2D eigenvalue weighted by atomic mass is 32.2. The Bertz CT molecular complexity index is 873. The Morgan fingerprint density at radius 2 is 1.88 bits per heavy atom. The van der Waals surface area contributed by atoms with E-state index in [1.807, 2.05) is 38.1 Å². The van der Waals surface area contributed by atoms with E-state index in [-0.39, 0.29) is 17.4 Å². The van der Waals surface area contributed by atoms with Crippen molar-refractivity contribution in [2.75, 3.05) is 6.54 Å². The Balaban J connectivity index is 1.94. The SMILES string of the molecule is CCN1C(=O)/C(=C\c2ccc(O)cc2O)SC1=Nc1ccc(C)cc1. The number of benzene rings is 2. The van der Waals surface area contributed by atoms with E-state index in [0.29, 0.717) is 22.2 Å². The van der Waals surface area contributed by atoms with Crippen LogP contribution in [-0.4, -0.2) is 32.7 Å². The number of phenols is 2. The van der Waals surface area contributed by atoms with E-state index in [1.54, 1.807) is 17.0 Å². The lowest BCUT2D eigenvalue weighted by Gasteiger charge is -2.12. The number of aromatic hydroxyl groups is 2. The average molecular weight is 354 g/mol. The predicted octanol–water partition coefficient (Wildman–Crippen LogP) is 4.03. The molecule has 2 aromatic carbocycles. The van der Waals surface area contributed by atoms with Gasteiger partial charge < -0.3 is 10.2 Å². The lowest BCUT2D eigenvalue weighted by atomic mass is 10.1. The molecule has 0 unspecified atom stereocenters. The molecule has 1 amide bonds. The molecule has 3 rings (SSSR count). The standard InChI is InChI=1S/C19H18N2O3S/c1-3-21-18(24)17(10-13-6-9-15(22)11-16(13)23)25-19(21)20-14-7-4-12(2)5-8-14/h4-11,22-23H,3H2,1-2H3/b17-10+,20-19?. The van der Waals surface area contributed by atoms with Crippen LogP contribution in [0.3, 0.4) is 0 Å². The summed E-state index contributed by atoms with van der Waals surface area (Å²) in [6, 6.07) is 12.1. The van der Waals surface area contributed by atoms with Crippen molar-refractivity contribution in [3.63, 3.8) is 0 Å². The highest BCUT2D eigenvalue weighted by molar-refractivity contribution is 8.18. The number of rotatable bonds is 3. The van der Waals surface area contributed by atoms with E-state index < -0.39 is 0 Å². The minimum Gasteiger partial charge on any atom is -0.508 e. The van der Waals surface area contributed by atoms with Gasteiger partial charge in [0.25, 0.3) is 5.91 Å². The molecule has 2 N–H and O–H groups in total. The Hall–Kier alpha value is -2.73. The molecule has 1 aliphatic heterocycles. The van der Waals surface area contributed by atoms with Crippen molar-refractivity contribution in [1.29, 1.82) is 0 Å². The molecular formula is C19H18N2O3S. The van der Waals surface area contributed by atoms with Gasteiger partial charge in [-0.05, 0) is 56.0 Å². The highest BCUT2D eigenvalue weighted by Crippen LogP contribution is 2.35. The van der Waals surface area contributed by atoms with Crippen molar-refractivity contribution < 1.29 is 15.0 Å². The summed E-state index contributed by atoms with van der Waals surface area (Å²) in [6.45, 7) is 4.41. The largest absolute Gasteiger partial charge is 0.508 e. The molecule has 25 heavy (non-hydrogen) atoms. The minimum absolute atomic E-state index is 0.0261. The zero-order chi connectivity index (χ0) is 18.0. The van der Waals surface area contributed by atoms with Gasteiger partial charge in [0.05, 0.1) is 10.6 Å². The number of hydrogen-bond donors (Lipinski definition) is 2. The third kappa shape index (κ3) is 3.69. The summed E-state index contributed by atoms with van der Waals surface area (Å²) in [5.41, 5.74) is 2.41. The van der Waals surface area contributed by atoms with Gasteiger partial charge in [0.15, 0.2) is 5.17 Å². The van der Waals surface area contributed by atoms with Gasteiger partial charge in [0.2, 0.25) is 0 Å². The Morgan fingerprint density at radius 3 is 2.52 bits per heavy atom. The Labute approximate surface area is 150 Å². The number of phenolic OH excluding ortho intramolecular Hbond substituents is 2. The van der Waals surface area contributed by atoms with Crippen LogP contribution in [0.5, 0.6) is 11.5 Å². The molecule has 6 heteroatoms. The van der Waals surface area contributed by atoms with Crippen molar-refractivity contribution in [3.8, 4) is 11.5 Å². The summed E-state index contributed by atoms with van der Waals surface area (Å²) >= 11 is 1.27. The number of nitrogens with zero attached hydrogens (tertiary/aromatic N) is 2. The number of likely N-dealkylation sites (N-methyl/N-ethyl adjacent to an activating group) is 1. The molecule has 0 spiro atoms. The van der Waals surface area contributed by atoms with Crippen LogP contribution in [0, 0.1) is 6.92 Å². The fourth-order valence-electron chi connectivity index (χ4n) is 2.40. The number of amides is 1. The summed E-state index contributed by atoms with van der Waals surface area (Å²) in [4.78, 5) is 19.3. The fourth-order valence-corrected chi connectivity index (χ4v) is 3.45. The average Bonchev–Trinajstić information content (AvgIpc) is 2.87. The summed E-state index contributed by atoms with van der Waals surface area (Å²) in [5.74, 6) is -0.249. The Kier molecular flexibility index (Phi) is 4.81. The van der Waals surface area contributed by atoms with E-state index in [4.69, 9.17) is 0 Å². The first-order valence-electron chi connectivity index (χ1n) is 7.86. The first kappa shape index (κ1) is 17.1. The first-order chi connectivity index (χ1) is 12.0. The van der Waals surface area contributed by atoms with E-state index in [1.165, 1.54) is 23.9 Å². The number of thioether (sulfide) groups is 1. The zero-order valence-electron chi connectivity index (χ0n) is 13.9. The van der Waals surface area contributed by atoms with Crippen LogP contribution in [0.4, 0.5) is 5.69 Å². The smallest absolute Gasteiger partial charge is 0.266 e. The maximum Gasteiger partial charge on any atom is 0.266 e. The molecule has 0 radical (unpaired) electrons. The fraction of sp³-hybridized carbons (Fsp3) is 0.158. The Morgan fingerprint density at radius 1 is 1.16 bits per heavy atom. The summed E-state index contributed by atoms with van der Waals surface area (Å²) in [7, 11) is 0. The number of carbonyl (C=O) groups is 1. The predicted molar refractivity (Wildman–Crippen MR) is 101 cm³/mol. The van der Waals surface area contributed by atoms with Crippen LogP contribution in [0.1, 0.15) is 18.1 Å². The van der Waals surface area contributed by atoms with Crippen LogP contribution in [0.25, 0.3) is 6.08 Å². The van der Waals surface area contributed by atoms with Crippen molar-refractivity contribution in [3.05, 3.63) is 58.5 Å². The molecular weight excluding hydrogens is 336 g/mol. The minimum atomic E-state index is -0.147. The topological polar surface area (TPSA) is 73.1 Å². The second-order valence-electron chi connectivity index (χ2n) is 5.63. The van der Waals surface area contributed by atoms with Crippen LogP contribution < -0.4 is 0 Å². The normalized spacial score (nSPS) is 17.7. The van der Waals surface area contributed by atoms with E-state index >= 15 is 0 Å². The van der Waals surface area contributed by atoms with Gasteiger partial charge >= 0.3 is 0 Å². The van der Waals surface area contributed by atoms with Crippen molar-refractivity contribution in [2.45, 2.75) is 13.8 Å². The number of carbonyl (C=O) groups excluding carboxylic acids is 1. The van der Waals surface area contributed by atoms with E-state index in [9.17, 15) is 15.0 Å². The molecule has 0 aliphatic carbocycles. The molecule has 128 valence electrons. The molecule has 1 fully saturated rings. The number of hydrogen-bond acceptors (Lipinski definition) is 5. The molecule has 0 saturated carbocycles. The van der Waals surface area contributed by atoms with Gasteiger partial charge in [-0.3, -0.25) is 9.69 Å². The third-order valence-electron chi connectivity index (χ3n) is 3.76. The summed E-state index contributed by atoms with van der Waals surface area (Å²) < 4.78 is 0. The quantitative estimate of drug-likeness (QED) is 0.816. The van der Waals surface area contributed by atoms with Gasteiger partial charge in [-0.2, -0.15) is 0 Å². The second kappa shape index (κ2) is 7.03. The van der Waals surface area contributed by atoms with Gasteiger partial charge in [0, 0.05) is 18.2 Å². The van der Waals surface area contributed by atoms with Gasteiger partial charge in [0.1, 0.15) is 11.5 Å². The van der Waals surface area contributed by atoms with Gasteiger partial charge in [-0.25, -0.2) is 4.99 Å². The molecule has 5 nitrogen and oxygen atoms in total. The molecule has 0 atom stereocenters. The molecule has 0 bridgehead atoms. The molecule has 1 heterocycles. The lowest BCUT2D eigenvalue weighted by molar-refractivity contribution is -0.122. The van der Waals surface area contributed by atoms with Gasteiger partial charge in [-0.15, -0.1) is 0 Å². The molecule has 0 aromatic heterocycles. The van der Waals surface area contributed by atoms with Crippen LogP contribution in [-0.2, 0) is 4.79 Å². The number of aliphatic imine (C=N–C) groups is 1. The summed E-state index contributed by atoms with van der Waals surface area (Å²) in [6.07, 6.45) is 1.61. The van der Waals surface area contributed by atoms with Crippen molar-refractivity contribution in [2.24, 2.45) is 4.99 Å². The number of aryl methyl sites for hydroxylation is 1. The second-order valence-corrected chi connectivity index (χ2v) is 6.64. The molecule has 1 aliphatic rings. The molecule has 1 saturated heterocycles. The number of amidine groups is 1. The third-order valence-corrected chi connectivity index (χ3v) is 4.77. The van der Waals surface area contributed by atoms with E-state index in [2.05, 4.69) is 4.99 Å². The maximum absolute atomic E-state index is 12.6. The maximum atomic E-state index is 12.6.